The molecule has 2 N–H and O–H groups in total. The summed E-state index contributed by atoms with van der Waals surface area (Å²) in [6, 6.07) is 6.27. The number of nitrogens with zero attached hydrogens (tertiary/aromatic N) is 1. The summed E-state index contributed by atoms with van der Waals surface area (Å²) >= 11 is 0. The number of para-hydroxylation sites is 1. The maximum atomic E-state index is 13.7. The van der Waals surface area contributed by atoms with Crippen molar-refractivity contribution in [2.45, 2.75) is 51.9 Å². The van der Waals surface area contributed by atoms with Gasteiger partial charge in [0.1, 0.15) is 6.10 Å². The molecule has 0 radical (unpaired) electrons. The SMILES string of the molecule is CCNC(=NCC(CC)Oc1ccccc1F)NCCS(=O)(=O)C(C)(C)C. The Morgan fingerprint density at radius 3 is 2.44 bits per heavy atom. The number of aliphatic imine (C=N–C) groups is 1. The number of hydrogen-bond acceptors (Lipinski definition) is 4. The first-order valence-electron chi connectivity index (χ1n) is 9.26. The Labute approximate surface area is 162 Å². The maximum Gasteiger partial charge on any atom is 0.191 e. The summed E-state index contributed by atoms with van der Waals surface area (Å²) in [6.45, 7) is 10.2. The molecule has 0 bridgehead atoms. The van der Waals surface area contributed by atoms with Crippen LogP contribution in [0.4, 0.5) is 4.39 Å². The van der Waals surface area contributed by atoms with Crippen LogP contribution >= 0.6 is 0 Å². The first kappa shape index (κ1) is 23.2. The fourth-order valence-electron chi connectivity index (χ4n) is 2.11. The zero-order valence-corrected chi connectivity index (χ0v) is 17.7. The smallest absolute Gasteiger partial charge is 0.191 e. The molecule has 0 aliphatic rings. The number of guanidine groups is 1. The van der Waals surface area contributed by atoms with Crippen molar-refractivity contribution in [1.82, 2.24) is 10.6 Å². The maximum absolute atomic E-state index is 13.7. The van der Waals surface area contributed by atoms with Gasteiger partial charge in [-0.25, -0.2) is 17.8 Å². The van der Waals surface area contributed by atoms with Crippen LogP contribution in [0.5, 0.6) is 5.75 Å². The highest BCUT2D eigenvalue weighted by atomic mass is 32.2. The van der Waals surface area contributed by atoms with E-state index in [4.69, 9.17) is 4.74 Å². The fraction of sp³-hybridized carbons (Fsp3) is 0.632. The van der Waals surface area contributed by atoms with Gasteiger partial charge in [0.2, 0.25) is 0 Å². The monoisotopic (exact) mass is 401 g/mol. The molecule has 0 saturated heterocycles. The van der Waals surface area contributed by atoms with E-state index in [1.54, 1.807) is 39.0 Å². The van der Waals surface area contributed by atoms with Gasteiger partial charge in [0, 0.05) is 13.1 Å². The minimum Gasteiger partial charge on any atom is -0.485 e. The highest BCUT2D eigenvalue weighted by Crippen LogP contribution is 2.18. The molecule has 0 aliphatic carbocycles. The summed E-state index contributed by atoms with van der Waals surface area (Å²) in [6.07, 6.45) is 0.381. The van der Waals surface area contributed by atoms with E-state index in [0.717, 1.165) is 0 Å². The zero-order chi connectivity index (χ0) is 20.5. The lowest BCUT2D eigenvalue weighted by Crippen LogP contribution is -2.42. The summed E-state index contributed by atoms with van der Waals surface area (Å²) in [5, 5.41) is 6.11. The molecule has 154 valence electrons. The molecule has 1 aromatic carbocycles. The van der Waals surface area contributed by atoms with E-state index in [2.05, 4.69) is 15.6 Å². The van der Waals surface area contributed by atoms with Crippen molar-refractivity contribution in [2.24, 2.45) is 4.99 Å². The number of halogens is 1. The molecule has 0 spiro atoms. The summed E-state index contributed by atoms with van der Waals surface area (Å²) in [4.78, 5) is 4.44. The molecule has 0 aliphatic heterocycles. The molecule has 1 aromatic rings. The molecular weight excluding hydrogens is 369 g/mol. The Kier molecular flexibility index (Phi) is 9.02. The minimum atomic E-state index is -3.20. The van der Waals surface area contributed by atoms with Crippen molar-refractivity contribution in [1.29, 1.82) is 0 Å². The van der Waals surface area contributed by atoms with Crippen LogP contribution in [0.15, 0.2) is 29.3 Å². The number of rotatable bonds is 9. The van der Waals surface area contributed by atoms with Gasteiger partial charge in [-0.3, -0.25) is 0 Å². The second-order valence-corrected chi connectivity index (χ2v) is 10.0. The highest BCUT2D eigenvalue weighted by molar-refractivity contribution is 7.92. The van der Waals surface area contributed by atoms with Crippen LogP contribution in [-0.2, 0) is 9.84 Å². The van der Waals surface area contributed by atoms with Crippen molar-refractivity contribution in [3.8, 4) is 5.75 Å². The number of sulfone groups is 1. The van der Waals surface area contributed by atoms with Crippen LogP contribution in [-0.4, -0.2) is 50.6 Å². The Hall–Kier alpha value is -1.83. The van der Waals surface area contributed by atoms with Crippen LogP contribution in [0.25, 0.3) is 0 Å². The van der Waals surface area contributed by atoms with Crippen molar-refractivity contribution in [2.75, 3.05) is 25.4 Å². The van der Waals surface area contributed by atoms with E-state index in [-0.39, 0.29) is 24.2 Å². The first-order chi connectivity index (χ1) is 12.6. The van der Waals surface area contributed by atoms with Crippen LogP contribution in [0, 0.1) is 5.82 Å². The topological polar surface area (TPSA) is 79.8 Å². The molecule has 0 heterocycles. The summed E-state index contributed by atoms with van der Waals surface area (Å²) in [5.74, 6) is 0.326. The molecule has 8 heteroatoms. The highest BCUT2D eigenvalue weighted by Gasteiger charge is 2.28. The molecule has 1 unspecified atom stereocenters. The van der Waals surface area contributed by atoms with Crippen LogP contribution < -0.4 is 15.4 Å². The first-order valence-corrected chi connectivity index (χ1v) is 10.9. The largest absolute Gasteiger partial charge is 0.485 e. The van der Waals surface area contributed by atoms with Gasteiger partial charge in [0.15, 0.2) is 27.4 Å². The quantitative estimate of drug-likeness (QED) is 0.491. The van der Waals surface area contributed by atoms with Gasteiger partial charge in [0.25, 0.3) is 0 Å². The fourth-order valence-corrected chi connectivity index (χ4v) is 3.10. The summed E-state index contributed by atoms with van der Waals surface area (Å²) in [7, 11) is -3.20. The third-order valence-corrected chi connectivity index (χ3v) is 6.59. The zero-order valence-electron chi connectivity index (χ0n) is 16.9. The standard InChI is InChI=1S/C19H32FN3O3S/c1-6-15(26-17-11-9-8-10-16(17)20)14-23-18(21-7-2)22-12-13-27(24,25)19(3,4)5/h8-11,15H,6-7,12-14H2,1-5H3,(H2,21,22,23). The van der Waals surface area contributed by atoms with Gasteiger partial charge in [-0.15, -0.1) is 0 Å². The Morgan fingerprint density at radius 1 is 1.22 bits per heavy atom. The lowest BCUT2D eigenvalue weighted by Gasteiger charge is -2.20. The number of benzene rings is 1. The predicted molar refractivity (Wildman–Crippen MR) is 109 cm³/mol. The third-order valence-electron chi connectivity index (χ3n) is 3.98. The molecule has 6 nitrogen and oxygen atoms in total. The van der Waals surface area contributed by atoms with E-state index < -0.39 is 20.4 Å². The molecule has 1 atom stereocenters. The Bertz CT molecular complexity index is 715. The van der Waals surface area contributed by atoms with Crippen molar-refractivity contribution >= 4 is 15.8 Å². The molecule has 0 aromatic heterocycles. The van der Waals surface area contributed by atoms with E-state index in [0.29, 0.717) is 25.5 Å². The lowest BCUT2D eigenvalue weighted by molar-refractivity contribution is 0.196. The van der Waals surface area contributed by atoms with Crippen molar-refractivity contribution in [3.05, 3.63) is 30.1 Å². The van der Waals surface area contributed by atoms with Gasteiger partial charge >= 0.3 is 0 Å². The number of ether oxygens (including phenoxy) is 1. The molecule has 0 fully saturated rings. The lowest BCUT2D eigenvalue weighted by atomic mass is 10.2. The average Bonchev–Trinajstić information content (AvgIpc) is 2.58. The normalized spacial score (nSPS) is 13.9. The Balaban J connectivity index is 2.67. The second kappa shape index (κ2) is 10.5. The number of nitrogens with one attached hydrogen (secondary N) is 2. The summed E-state index contributed by atoms with van der Waals surface area (Å²) in [5.41, 5.74) is 0. The van der Waals surface area contributed by atoms with E-state index >= 15 is 0 Å². The van der Waals surface area contributed by atoms with E-state index in [9.17, 15) is 12.8 Å². The average molecular weight is 402 g/mol. The van der Waals surface area contributed by atoms with Gasteiger partial charge < -0.3 is 15.4 Å². The van der Waals surface area contributed by atoms with Crippen LogP contribution in [0.1, 0.15) is 41.0 Å². The predicted octanol–water partition coefficient (Wildman–Crippen LogP) is 2.75. The van der Waals surface area contributed by atoms with Gasteiger partial charge in [-0.2, -0.15) is 0 Å². The van der Waals surface area contributed by atoms with Crippen LogP contribution in [0.3, 0.4) is 0 Å². The van der Waals surface area contributed by atoms with Gasteiger partial charge in [-0.05, 0) is 46.2 Å². The third kappa shape index (κ3) is 7.74. The van der Waals surface area contributed by atoms with Gasteiger partial charge in [0.05, 0.1) is 17.0 Å². The van der Waals surface area contributed by atoms with Crippen molar-refractivity contribution < 1.29 is 17.5 Å². The number of hydrogen-bond donors (Lipinski definition) is 2. The van der Waals surface area contributed by atoms with E-state index in [1.165, 1.54) is 6.07 Å². The molecular formula is C19H32FN3O3S. The molecule has 0 amide bonds. The molecule has 27 heavy (non-hydrogen) atoms. The molecule has 1 rings (SSSR count). The van der Waals surface area contributed by atoms with E-state index in [1.807, 2.05) is 13.8 Å². The molecule has 0 saturated carbocycles. The van der Waals surface area contributed by atoms with Crippen LogP contribution in [0.2, 0.25) is 0 Å². The minimum absolute atomic E-state index is 0.0177. The van der Waals surface area contributed by atoms with Crippen molar-refractivity contribution in [3.63, 3.8) is 0 Å². The second-order valence-electron chi connectivity index (χ2n) is 7.16. The Morgan fingerprint density at radius 2 is 1.89 bits per heavy atom. The van der Waals surface area contributed by atoms with Gasteiger partial charge in [-0.1, -0.05) is 19.1 Å². The summed E-state index contributed by atoms with van der Waals surface area (Å²) < 4.78 is 43.0.